The molecule has 164 valence electrons. The fraction of sp³-hybridized carbons (Fsp3) is 0.650. The van der Waals surface area contributed by atoms with E-state index in [2.05, 4.69) is 4.18 Å². The molecule has 2 rings (SSSR count). The van der Waals surface area contributed by atoms with E-state index in [1.165, 1.54) is 7.11 Å². The maximum absolute atomic E-state index is 12.9. The topological polar surface area (TPSA) is 69.7 Å². The molecule has 5 nitrogen and oxygen atoms in total. The van der Waals surface area contributed by atoms with Crippen molar-refractivity contribution in [1.29, 1.82) is 0 Å². The van der Waals surface area contributed by atoms with E-state index >= 15 is 0 Å². The minimum absolute atomic E-state index is 0.145. The lowest BCUT2D eigenvalue weighted by atomic mass is 9.73. The van der Waals surface area contributed by atoms with Gasteiger partial charge in [0.25, 0.3) is 0 Å². The number of esters is 1. The molecule has 0 spiro atoms. The van der Waals surface area contributed by atoms with Crippen LogP contribution in [0, 0.1) is 16.7 Å². The second-order valence-corrected chi connectivity index (χ2v) is 9.66. The van der Waals surface area contributed by atoms with Gasteiger partial charge in [0.05, 0.1) is 7.11 Å². The zero-order valence-electron chi connectivity index (χ0n) is 17.0. The van der Waals surface area contributed by atoms with Crippen LogP contribution in [0.4, 0.5) is 13.2 Å². The van der Waals surface area contributed by atoms with Gasteiger partial charge in [-0.1, -0.05) is 45.1 Å². The van der Waals surface area contributed by atoms with Crippen molar-refractivity contribution in [2.75, 3.05) is 7.11 Å². The van der Waals surface area contributed by atoms with Gasteiger partial charge >= 0.3 is 21.6 Å². The molecule has 0 amide bonds. The van der Waals surface area contributed by atoms with Gasteiger partial charge in [-0.2, -0.15) is 21.6 Å². The Morgan fingerprint density at radius 2 is 1.79 bits per heavy atom. The highest BCUT2D eigenvalue weighted by molar-refractivity contribution is 7.87. The maximum atomic E-state index is 12.9. The summed E-state index contributed by atoms with van der Waals surface area (Å²) in [5.74, 6) is -0.780. The first-order valence-electron chi connectivity index (χ1n) is 9.46. The number of halogens is 3. The molecule has 0 heterocycles. The van der Waals surface area contributed by atoms with Crippen LogP contribution in [0.3, 0.4) is 0 Å². The Morgan fingerprint density at radius 3 is 2.28 bits per heavy atom. The van der Waals surface area contributed by atoms with Crippen LogP contribution in [0.2, 0.25) is 0 Å². The number of carbonyl (C=O) groups excluding carboxylic acids is 1. The van der Waals surface area contributed by atoms with Crippen LogP contribution < -0.4 is 0 Å². The van der Waals surface area contributed by atoms with Crippen LogP contribution in [0.1, 0.15) is 52.9 Å². The number of methoxy groups -OCH3 is 1. The molecule has 0 bridgehead atoms. The first-order valence-corrected chi connectivity index (χ1v) is 10.9. The van der Waals surface area contributed by atoms with Crippen LogP contribution in [0.5, 0.6) is 0 Å². The number of hydrogen-bond acceptors (Lipinski definition) is 5. The first kappa shape index (κ1) is 23.5. The minimum Gasteiger partial charge on any atom is -0.468 e. The quantitative estimate of drug-likeness (QED) is 0.243. The molecule has 1 atom stereocenters. The van der Waals surface area contributed by atoms with Gasteiger partial charge in [0, 0.05) is 5.41 Å². The Bertz CT molecular complexity index is 825. The van der Waals surface area contributed by atoms with Crippen molar-refractivity contribution in [2.45, 2.75) is 58.4 Å². The first-order chi connectivity index (χ1) is 13.3. The van der Waals surface area contributed by atoms with Crippen LogP contribution in [-0.4, -0.2) is 27.0 Å². The molecular weight excluding hydrogens is 409 g/mol. The summed E-state index contributed by atoms with van der Waals surface area (Å²) in [6.07, 6.45) is 9.19. The molecule has 0 saturated carbocycles. The van der Waals surface area contributed by atoms with Crippen molar-refractivity contribution < 1.29 is 35.3 Å². The van der Waals surface area contributed by atoms with Gasteiger partial charge in [0.2, 0.25) is 0 Å². The van der Waals surface area contributed by atoms with Gasteiger partial charge in [-0.15, -0.1) is 0 Å². The molecular formula is C20H27F3O5S. The molecule has 0 aromatic heterocycles. The van der Waals surface area contributed by atoms with E-state index < -0.39 is 32.4 Å². The number of allylic oxidation sites excluding steroid dienone is 4. The van der Waals surface area contributed by atoms with Crippen molar-refractivity contribution in [3.8, 4) is 0 Å². The Morgan fingerprint density at radius 1 is 1.21 bits per heavy atom. The third kappa shape index (κ3) is 4.70. The predicted octanol–water partition coefficient (Wildman–Crippen LogP) is 5.02. The SMILES string of the molecule is COC(=O)C1(CC[C@@]2(C)CCC(C(C)C)=C2OS(=O)(=O)C(F)(F)F)C=CCC=C1. The fourth-order valence-corrected chi connectivity index (χ4v) is 4.52. The zero-order chi connectivity index (χ0) is 22.1. The largest absolute Gasteiger partial charge is 0.534 e. The molecule has 29 heavy (non-hydrogen) atoms. The average molecular weight is 436 g/mol. The molecule has 2 aliphatic rings. The van der Waals surface area contributed by atoms with E-state index in [0.29, 0.717) is 24.8 Å². The van der Waals surface area contributed by atoms with E-state index in [4.69, 9.17) is 4.74 Å². The number of rotatable bonds is 7. The molecule has 9 heteroatoms. The number of ether oxygens (including phenoxy) is 1. The summed E-state index contributed by atoms with van der Waals surface area (Å²) in [5.41, 5.74) is -6.92. The van der Waals surface area contributed by atoms with Gasteiger partial charge in [-0.05, 0) is 43.6 Å². The summed E-state index contributed by atoms with van der Waals surface area (Å²) in [4.78, 5) is 12.4. The van der Waals surface area contributed by atoms with Crippen molar-refractivity contribution in [3.05, 3.63) is 35.6 Å². The lowest BCUT2D eigenvalue weighted by molar-refractivity contribution is -0.148. The van der Waals surface area contributed by atoms with Gasteiger partial charge < -0.3 is 8.92 Å². The summed E-state index contributed by atoms with van der Waals surface area (Å²) >= 11 is 0. The lowest BCUT2D eigenvalue weighted by Crippen LogP contribution is -2.33. The van der Waals surface area contributed by atoms with Gasteiger partial charge in [0.1, 0.15) is 11.2 Å². The monoisotopic (exact) mass is 436 g/mol. The van der Waals surface area contributed by atoms with Crippen LogP contribution in [-0.2, 0) is 23.8 Å². The van der Waals surface area contributed by atoms with Crippen molar-refractivity contribution in [3.63, 3.8) is 0 Å². The van der Waals surface area contributed by atoms with Crippen molar-refractivity contribution in [1.82, 2.24) is 0 Å². The van der Waals surface area contributed by atoms with E-state index in [9.17, 15) is 26.4 Å². The molecule has 0 unspecified atom stereocenters. The van der Waals surface area contributed by atoms with Gasteiger partial charge in [-0.25, -0.2) is 0 Å². The summed E-state index contributed by atoms with van der Waals surface area (Å²) in [6, 6.07) is 0. The molecule has 0 aromatic carbocycles. The minimum atomic E-state index is -5.78. The smallest absolute Gasteiger partial charge is 0.468 e. The Kier molecular flexibility index (Phi) is 6.62. The van der Waals surface area contributed by atoms with E-state index in [-0.39, 0.29) is 24.5 Å². The third-order valence-electron chi connectivity index (χ3n) is 5.72. The molecule has 0 N–H and O–H groups in total. The molecule has 0 fully saturated rings. The van der Waals surface area contributed by atoms with Crippen LogP contribution in [0.15, 0.2) is 35.6 Å². The normalized spacial score (nSPS) is 24.3. The maximum Gasteiger partial charge on any atom is 0.534 e. The molecule has 0 aromatic rings. The third-order valence-corrected chi connectivity index (χ3v) is 6.67. The predicted molar refractivity (Wildman–Crippen MR) is 102 cm³/mol. The number of carbonyl (C=O) groups is 1. The molecule has 2 aliphatic carbocycles. The summed E-state index contributed by atoms with van der Waals surface area (Å²) in [6.45, 7) is 5.26. The van der Waals surface area contributed by atoms with Crippen molar-refractivity contribution >= 4 is 16.1 Å². The summed E-state index contributed by atoms with van der Waals surface area (Å²) < 4.78 is 71.9. The zero-order valence-corrected chi connectivity index (χ0v) is 17.8. The molecule has 0 saturated heterocycles. The Labute approximate surface area is 169 Å². The van der Waals surface area contributed by atoms with E-state index in [0.717, 1.165) is 0 Å². The highest BCUT2D eigenvalue weighted by Crippen LogP contribution is 2.52. The van der Waals surface area contributed by atoms with E-state index in [1.54, 1.807) is 32.9 Å². The lowest BCUT2D eigenvalue weighted by Gasteiger charge is -2.33. The highest BCUT2D eigenvalue weighted by atomic mass is 32.2. The van der Waals surface area contributed by atoms with Crippen LogP contribution >= 0.6 is 0 Å². The second kappa shape index (κ2) is 8.16. The van der Waals surface area contributed by atoms with Gasteiger partial charge in [0.15, 0.2) is 0 Å². The number of alkyl halides is 3. The fourth-order valence-electron chi connectivity index (χ4n) is 3.89. The van der Waals surface area contributed by atoms with Gasteiger partial charge in [-0.3, -0.25) is 4.79 Å². The molecule has 0 aliphatic heterocycles. The second-order valence-electron chi connectivity index (χ2n) is 8.13. The standard InChI is InChI=1S/C20H27F3O5S/c1-14(2)15-8-11-18(3,16(15)28-29(25,26)20(21,22)23)12-13-19(17(24)27-4)9-6-5-7-10-19/h6-7,9-10,14H,5,8,11-13H2,1-4H3/t18-/m1/s1. The van der Waals surface area contributed by atoms with Crippen molar-refractivity contribution in [2.24, 2.45) is 16.7 Å². The summed E-state index contributed by atoms with van der Waals surface area (Å²) in [5, 5.41) is 0. The molecule has 0 radical (unpaired) electrons. The average Bonchev–Trinajstić information content (AvgIpc) is 2.96. The van der Waals surface area contributed by atoms with Crippen LogP contribution in [0.25, 0.3) is 0 Å². The Hall–Kier alpha value is -1.77. The van der Waals surface area contributed by atoms with E-state index in [1.807, 2.05) is 12.2 Å². The Balaban J connectivity index is 2.37. The highest BCUT2D eigenvalue weighted by Gasteiger charge is 2.52. The summed E-state index contributed by atoms with van der Waals surface area (Å²) in [7, 11) is -4.50. The number of hydrogen-bond donors (Lipinski definition) is 0.